The van der Waals surface area contributed by atoms with Crippen molar-refractivity contribution in [2.45, 2.75) is 52.4 Å². The largest absolute Gasteiger partial charge is 0.316 e. The molecule has 0 amide bonds. The van der Waals surface area contributed by atoms with E-state index in [1.165, 1.54) is 77.8 Å². The molecule has 1 aliphatic rings. The Hall–Kier alpha value is -0.120. The number of nitrogens with zero attached hydrogens (tertiary/aromatic N) is 2. The minimum absolute atomic E-state index is 0.552. The topological polar surface area (TPSA) is 18.5 Å². The number of hydrogen-bond donors (Lipinski definition) is 1. The fourth-order valence-corrected chi connectivity index (χ4v) is 3.45. The third-order valence-electron chi connectivity index (χ3n) is 4.55. The van der Waals surface area contributed by atoms with Crippen molar-refractivity contribution in [3.05, 3.63) is 0 Å². The fraction of sp³-hybridized carbons (Fsp3) is 1.00. The van der Waals surface area contributed by atoms with Gasteiger partial charge in [-0.05, 0) is 58.3 Å². The Bertz CT molecular complexity index is 234. The van der Waals surface area contributed by atoms with Crippen molar-refractivity contribution in [1.82, 2.24) is 15.1 Å². The first kappa shape index (κ1) is 17.9. The average molecular weight is 284 g/mol. The van der Waals surface area contributed by atoms with Crippen molar-refractivity contribution in [1.29, 1.82) is 0 Å². The minimum Gasteiger partial charge on any atom is -0.316 e. The molecule has 1 aliphatic carbocycles. The van der Waals surface area contributed by atoms with Gasteiger partial charge in [0.25, 0.3) is 0 Å². The van der Waals surface area contributed by atoms with Crippen LogP contribution in [-0.2, 0) is 0 Å². The summed E-state index contributed by atoms with van der Waals surface area (Å²) in [4.78, 5) is 5.01. The van der Waals surface area contributed by atoms with Gasteiger partial charge in [0.15, 0.2) is 0 Å². The van der Waals surface area contributed by atoms with Crippen molar-refractivity contribution in [2.24, 2.45) is 5.41 Å². The summed E-state index contributed by atoms with van der Waals surface area (Å²) in [6.45, 7) is 11.9. The Morgan fingerprint density at radius 3 is 2.20 bits per heavy atom. The maximum Gasteiger partial charge on any atom is 0.0109 e. The highest BCUT2D eigenvalue weighted by Crippen LogP contribution is 2.38. The molecule has 0 saturated heterocycles. The van der Waals surface area contributed by atoms with E-state index in [1.54, 1.807) is 0 Å². The van der Waals surface area contributed by atoms with Crippen LogP contribution in [0.25, 0.3) is 0 Å². The van der Waals surface area contributed by atoms with E-state index >= 15 is 0 Å². The van der Waals surface area contributed by atoms with Crippen LogP contribution in [0.3, 0.4) is 0 Å². The lowest BCUT2D eigenvalue weighted by atomic mass is 9.85. The summed E-state index contributed by atoms with van der Waals surface area (Å²) >= 11 is 0. The molecule has 0 aromatic carbocycles. The standard InChI is InChI=1S/C17H37N3/c1-5-11-18-15-17(9-7-8-10-17)16-20(12-6-2)14-13-19(3)4/h18H,5-16H2,1-4H3. The van der Waals surface area contributed by atoms with Crippen LogP contribution < -0.4 is 5.32 Å². The van der Waals surface area contributed by atoms with Crippen LogP contribution in [0.4, 0.5) is 0 Å². The van der Waals surface area contributed by atoms with Crippen LogP contribution in [0.15, 0.2) is 0 Å². The summed E-state index contributed by atoms with van der Waals surface area (Å²) in [6.07, 6.45) is 8.22. The maximum atomic E-state index is 3.69. The lowest BCUT2D eigenvalue weighted by Crippen LogP contribution is -2.45. The number of nitrogens with one attached hydrogen (secondary N) is 1. The normalized spacial score (nSPS) is 18.3. The van der Waals surface area contributed by atoms with Crippen molar-refractivity contribution in [2.75, 3.05) is 53.4 Å². The van der Waals surface area contributed by atoms with E-state index in [2.05, 4.69) is 43.1 Å². The Morgan fingerprint density at radius 1 is 0.950 bits per heavy atom. The van der Waals surface area contributed by atoms with Crippen molar-refractivity contribution in [3.8, 4) is 0 Å². The molecule has 0 aromatic heterocycles. The molecule has 0 spiro atoms. The predicted molar refractivity (Wildman–Crippen MR) is 89.3 cm³/mol. The second kappa shape index (κ2) is 9.75. The van der Waals surface area contributed by atoms with Crippen molar-refractivity contribution in [3.63, 3.8) is 0 Å². The zero-order valence-corrected chi connectivity index (χ0v) is 14.4. The molecule has 0 bridgehead atoms. The van der Waals surface area contributed by atoms with E-state index in [9.17, 15) is 0 Å². The molecule has 0 radical (unpaired) electrons. The second-order valence-corrected chi connectivity index (χ2v) is 6.96. The SMILES string of the molecule is CCCNCC1(CN(CCC)CCN(C)C)CCCC1. The van der Waals surface area contributed by atoms with Gasteiger partial charge in [0.2, 0.25) is 0 Å². The van der Waals surface area contributed by atoms with E-state index in [4.69, 9.17) is 0 Å². The first-order valence-electron chi connectivity index (χ1n) is 8.69. The van der Waals surface area contributed by atoms with Crippen LogP contribution in [0.2, 0.25) is 0 Å². The first-order valence-corrected chi connectivity index (χ1v) is 8.69. The molecular weight excluding hydrogens is 246 g/mol. The van der Waals surface area contributed by atoms with Crippen molar-refractivity contribution >= 4 is 0 Å². The molecule has 0 aliphatic heterocycles. The van der Waals surface area contributed by atoms with Crippen LogP contribution in [0.1, 0.15) is 52.4 Å². The average Bonchev–Trinajstić information content (AvgIpc) is 2.85. The lowest BCUT2D eigenvalue weighted by molar-refractivity contribution is 0.140. The van der Waals surface area contributed by atoms with E-state index in [-0.39, 0.29) is 0 Å². The van der Waals surface area contributed by atoms with E-state index < -0.39 is 0 Å². The first-order chi connectivity index (χ1) is 9.62. The molecule has 1 fully saturated rings. The lowest BCUT2D eigenvalue weighted by Gasteiger charge is -2.36. The van der Waals surface area contributed by atoms with Gasteiger partial charge < -0.3 is 15.1 Å². The van der Waals surface area contributed by atoms with E-state index in [0.29, 0.717) is 5.41 Å². The third kappa shape index (κ3) is 6.55. The molecule has 1 saturated carbocycles. The van der Waals surface area contributed by atoms with Gasteiger partial charge in [-0.2, -0.15) is 0 Å². The quantitative estimate of drug-likeness (QED) is 0.588. The molecule has 0 heterocycles. The maximum absolute atomic E-state index is 3.69. The van der Waals surface area contributed by atoms with Gasteiger partial charge >= 0.3 is 0 Å². The molecule has 1 N–H and O–H groups in total. The molecule has 0 unspecified atom stereocenters. The van der Waals surface area contributed by atoms with Gasteiger partial charge in [-0.25, -0.2) is 0 Å². The summed E-state index contributed by atoms with van der Waals surface area (Å²) in [5.41, 5.74) is 0.552. The smallest absolute Gasteiger partial charge is 0.0109 e. The fourth-order valence-electron chi connectivity index (χ4n) is 3.45. The molecule has 3 nitrogen and oxygen atoms in total. The highest BCUT2D eigenvalue weighted by molar-refractivity contribution is 4.89. The molecule has 20 heavy (non-hydrogen) atoms. The molecule has 0 atom stereocenters. The Kier molecular flexibility index (Phi) is 8.74. The summed E-state index contributed by atoms with van der Waals surface area (Å²) in [7, 11) is 4.36. The zero-order valence-electron chi connectivity index (χ0n) is 14.4. The van der Waals surface area contributed by atoms with Crippen LogP contribution in [0.5, 0.6) is 0 Å². The van der Waals surface area contributed by atoms with Gasteiger partial charge in [0.1, 0.15) is 0 Å². The Morgan fingerprint density at radius 2 is 1.65 bits per heavy atom. The minimum atomic E-state index is 0.552. The van der Waals surface area contributed by atoms with Gasteiger partial charge in [0, 0.05) is 26.2 Å². The highest BCUT2D eigenvalue weighted by atomic mass is 15.2. The number of hydrogen-bond acceptors (Lipinski definition) is 3. The molecule has 3 heteroatoms. The summed E-state index contributed by atoms with van der Waals surface area (Å²) in [6, 6.07) is 0. The summed E-state index contributed by atoms with van der Waals surface area (Å²) in [5, 5.41) is 3.69. The van der Waals surface area contributed by atoms with Gasteiger partial charge in [-0.1, -0.05) is 26.7 Å². The summed E-state index contributed by atoms with van der Waals surface area (Å²) in [5.74, 6) is 0. The monoisotopic (exact) mass is 283 g/mol. The number of rotatable bonds is 11. The van der Waals surface area contributed by atoms with Gasteiger partial charge in [-0.15, -0.1) is 0 Å². The Balaban J connectivity index is 2.50. The van der Waals surface area contributed by atoms with E-state index in [0.717, 1.165) is 0 Å². The second-order valence-electron chi connectivity index (χ2n) is 6.96. The molecule has 0 aromatic rings. The molecular formula is C17H37N3. The van der Waals surface area contributed by atoms with E-state index in [1.807, 2.05) is 0 Å². The number of likely N-dealkylation sites (N-methyl/N-ethyl adjacent to an activating group) is 1. The predicted octanol–water partition coefficient (Wildman–Crippen LogP) is 2.82. The van der Waals surface area contributed by atoms with Crippen molar-refractivity contribution < 1.29 is 0 Å². The third-order valence-corrected chi connectivity index (χ3v) is 4.55. The summed E-state index contributed by atoms with van der Waals surface area (Å²) < 4.78 is 0. The van der Waals surface area contributed by atoms with Crippen LogP contribution >= 0.6 is 0 Å². The van der Waals surface area contributed by atoms with Gasteiger partial charge in [-0.3, -0.25) is 0 Å². The zero-order chi connectivity index (χ0) is 14.8. The molecule has 1 rings (SSSR count). The Labute approximate surface area is 127 Å². The van der Waals surface area contributed by atoms with Gasteiger partial charge in [0.05, 0.1) is 0 Å². The molecule has 120 valence electrons. The van der Waals surface area contributed by atoms with Crippen LogP contribution in [0, 0.1) is 5.41 Å². The highest BCUT2D eigenvalue weighted by Gasteiger charge is 2.34. The van der Waals surface area contributed by atoms with Crippen LogP contribution in [-0.4, -0.2) is 63.2 Å².